The van der Waals surface area contributed by atoms with Gasteiger partial charge in [-0.25, -0.2) is 4.79 Å². The van der Waals surface area contributed by atoms with Crippen LogP contribution in [-0.2, 0) is 14.3 Å². The number of hydrogen-bond acceptors (Lipinski definition) is 6. The van der Waals surface area contributed by atoms with Gasteiger partial charge in [0.25, 0.3) is 5.91 Å². The van der Waals surface area contributed by atoms with Gasteiger partial charge in [-0.05, 0) is 30.3 Å². The molecular weight excluding hydrogens is 366 g/mol. The average molecular weight is 387 g/mol. The van der Waals surface area contributed by atoms with Crippen LogP contribution >= 0.6 is 11.8 Å². The maximum Gasteiger partial charge on any atom is 0.338 e. The van der Waals surface area contributed by atoms with Gasteiger partial charge in [0.05, 0.1) is 17.0 Å². The van der Waals surface area contributed by atoms with Crippen LogP contribution in [0.1, 0.15) is 10.4 Å². The predicted molar refractivity (Wildman–Crippen MR) is 106 cm³/mol. The van der Waals surface area contributed by atoms with Gasteiger partial charge in [-0.3, -0.25) is 9.59 Å². The smallest absolute Gasteiger partial charge is 0.338 e. The van der Waals surface area contributed by atoms with E-state index in [0.29, 0.717) is 16.1 Å². The molecule has 2 aromatic rings. The zero-order chi connectivity index (χ0) is 19.8. The normalized spacial score (nSPS) is 10.1. The number of carbonyl (C=O) groups is 3. The fourth-order valence-electron chi connectivity index (χ4n) is 2.16. The highest BCUT2D eigenvalue weighted by Crippen LogP contribution is 2.26. The number of nitrogens with two attached hydrogens (primary N) is 1. The standard InChI is InChI=1S/C19H21N3O4S/c1-22(2)14-7-5-6-13(10-14)19(25)26-11-18(24)21-15-8-3-4-9-16(15)27-12-17(20)23/h3-10H,11-12H2,1-2H3,(H2,20,23)(H,21,24). The molecule has 0 aliphatic rings. The Morgan fingerprint density at radius 2 is 1.85 bits per heavy atom. The van der Waals surface area contributed by atoms with Crippen LogP contribution in [0.25, 0.3) is 0 Å². The Morgan fingerprint density at radius 1 is 1.11 bits per heavy atom. The molecule has 2 rings (SSSR count). The molecule has 0 heterocycles. The maximum atomic E-state index is 12.1. The lowest BCUT2D eigenvalue weighted by Gasteiger charge is -2.13. The Morgan fingerprint density at radius 3 is 2.56 bits per heavy atom. The van der Waals surface area contributed by atoms with Crippen LogP contribution in [0.3, 0.4) is 0 Å². The van der Waals surface area contributed by atoms with Crippen LogP contribution in [-0.4, -0.2) is 44.2 Å². The van der Waals surface area contributed by atoms with Crippen LogP contribution in [0.2, 0.25) is 0 Å². The van der Waals surface area contributed by atoms with Crippen molar-refractivity contribution in [2.45, 2.75) is 4.90 Å². The monoisotopic (exact) mass is 387 g/mol. The third kappa shape index (κ3) is 6.34. The van der Waals surface area contributed by atoms with E-state index >= 15 is 0 Å². The van der Waals surface area contributed by atoms with Gasteiger partial charge in [0, 0.05) is 24.7 Å². The molecular formula is C19H21N3O4S. The van der Waals surface area contributed by atoms with Gasteiger partial charge in [0.2, 0.25) is 5.91 Å². The molecule has 0 aromatic heterocycles. The Hall–Kier alpha value is -3.00. The highest BCUT2D eigenvalue weighted by atomic mass is 32.2. The molecule has 0 radical (unpaired) electrons. The second kappa shape index (κ2) is 9.63. The fourth-order valence-corrected chi connectivity index (χ4v) is 2.90. The van der Waals surface area contributed by atoms with Crippen molar-refractivity contribution in [2.24, 2.45) is 5.73 Å². The quantitative estimate of drug-likeness (QED) is 0.531. The number of amides is 2. The summed E-state index contributed by atoms with van der Waals surface area (Å²) in [5.41, 5.74) is 6.90. The average Bonchev–Trinajstić information content (AvgIpc) is 2.65. The van der Waals surface area contributed by atoms with Crippen LogP contribution in [0.15, 0.2) is 53.4 Å². The number of carbonyl (C=O) groups excluding carboxylic acids is 3. The first kappa shape index (κ1) is 20.3. The Kier molecular flexibility index (Phi) is 7.25. The Balaban J connectivity index is 1.94. The number of nitrogens with zero attached hydrogens (tertiary/aromatic N) is 1. The van der Waals surface area contributed by atoms with Gasteiger partial charge in [0.15, 0.2) is 6.61 Å². The molecule has 0 unspecified atom stereocenters. The van der Waals surface area contributed by atoms with Crippen molar-refractivity contribution < 1.29 is 19.1 Å². The molecule has 8 heteroatoms. The number of esters is 1. The van der Waals surface area contributed by atoms with Crippen LogP contribution in [0, 0.1) is 0 Å². The summed E-state index contributed by atoms with van der Waals surface area (Å²) in [4.78, 5) is 37.8. The lowest BCUT2D eigenvalue weighted by molar-refractivity contribution is -0.119. The van der Waals surface area contributed by atoms with Gasteiger partial charge < -0.3 is 20.7 Å². The third-order valence-corrected chi connectivity index (χ3v) is 4.56. The molecule has 7 nitrogen and oxygen atoms in total. The molecule has 3 N–H and O–H groups in total. The number of thioether (sulfide) groups is 1. The summed E-state index contributed by atoms with van der Waals surface area (Å²) in [5, 5.41) is 2.67. The van der Waals surface area contributed by atoms with E-state index in [4.69, 9.17) is 10.5 Å². The molecule has 0 bridgehead atoms. The molecule has 27 heavy (non-hydrogen) atoms. The van der Waals surface area contributed by atoms with E-state index in [1.807, 2.05) is 25.1 Å². The summed E-state index contributed by atoms with van der Waals surface area (Å²) in [6.45, 7) is -0.417. The van der Waals surface area contributed by atoms with Gasteiger partial charge in [-0.1, -0.05) is 18.2 Å². The number of benzene rings is 2. The number of primary amides is 1. The van der Waals surface area contributed by atoms with Crippen molar-refractivity contribution in [3.8, 4) is 0 Å². The molecule has 142 valence electrons. The van der Waals surface area contributed by atoms with E-state index in [9.17, 15) is 14.4 Å². The zero-order valence-electron chi connectivity index (χ0n) is 15.1. The zero-order valence-corrected chi connectivity index (χ0v) is 15.9. The van der Waals surface area contributed by atoms with Crippen LogP contribution in [0.5, 0.6) is 0 Å². The molecule has 0 spiro atoms. The molecule has 2 aromatic carbocycles. The number of hydrogen-bond donors (Lipinski definition) is 2. The Bertz CT molecular complexity index is 839. The predicted octanol–water partition coefficient (Wildman–Crippen LogP) is 2.13. The van der Waals surface area contributed by atoms with Crippen molar-refractivity contribution in [3.63, 3.8) is 0 Å². The number of ether oxygens (including phenoxy) is 1. The number of rotatable bonds is 8. The molecule has 0 fully saturated rings. The van der Waals surface area contributed by atoms with Gasteiger partial charge >= 0.3 is 5.97 Å². The first-order chi connectivity index (χ1) is 12.9. The molecule has 2 amide bonds. The molecule has 0 saturated heterocycles. The van der Waals surface area contributed by atoms with Gasteiger partial charge in [-0.15, -0.1) is 11.8 Å². The summed E-state index contributed by atoms with van der Waals surface area (Å²) in [7, 11) is 3.73. The second-order valence-corrected chi connectivity index (χ2v) is 6.84. The van der Waals surface area contributed by atoms with Gasteiger partial charge in [0.1, 0.15) is 0 Å². The van der Waals surface area contributed by atoms with Crippen LogP contribution < -0.4 is 16.0 Å². The van der Waals surface area contributed by atoms with E-state index in [-0.39, 0.29) is 5.75 Å². The second-order valence-electron chi connectivity index (χ2n) is 5.82. The first-order valence-electron chi connectivity index (χ1n) is 8.11. The highest BCUT2D eigenvalue weighted by molar-refractivity contribution is 8.00. The lowest BCUT2D eigenvalue weighted by atomic mass is 10.2. The van der Waals surface area contributed by atoms with E-state index in [0.717, 1.165) is 5.69 Å². The minimum absolute atomic E-state index is 0.101. The highest BCUT2D eigenvalue weighted by Gasteiger charge is 2.13. The molecule has 0 atom stereocenters. The largest absolute Gasteiger partial charge is 0.452 e. The third-order valence-electron chi connectivity index (χ3n) is 3.46. The van der Waals surface area contributed by atoms with Gasteiger partial charge in [-0.2, -0.15) is 0 Å². The number of nitrogens with one attached hydrogen (secondary N) is 1. The summed E-state index contributed by atoms with van der Waals surface area (Å²) in [5.74, 6) is -1.40. The molecule has 0 saturated carbocycles. The van der Waals surface area contributed by atoms with Crippen LogP contribution in [0.4, 0.5) is 11.4 Å². The van der Waals surface area contributed by atoms with E-state index in [1.54, 1.807) is 42.5 Å². The minimum atomic E-state index is -0.578. The number of anilines is 2. The fraction of sp³-hybridized carbons (Fsp3) is 0.211. The van der Waals surface area contributed by atoms with Crippen molar-refractivity contribution in [2.75, 3.05) is 36.7 Å². The summed E-state index contributed by atoms with van der Waals surface area (Å²) < 4.78 is 5.08. The summed E-state index contributed by atoms with van der Waals surface area (Å²) in [6, 6.07) is 13.9. The van der Waals surface area contributed by atoms with E-state index < -0.39 is 24.4 Å². The molecule has 0 aliphatic carbocycles. The minimum Gasteiger partial charge on any atom is -0.452 e. The Labute approximate surface area is 161 Å². The summed E-state index contributed by atoms with van der Waals surface area (Å²) >= 11 is 1.22. The maximum absolute atomic E-state index is 12.1. The van der Waals surface area contributed by atoms with E-state index in [1.165, 1.54) is 11.8 Å². The number of para-hydroxylation sites is 1. The van der Waals surface area contributed by atoms with Crippen molar-refractivity contribution in [3.05, 3.63) is 54.1 Å². The van der Waals surface area contributed by atoms with E-state index in [2.05, 4.69) is 5.32 Å². The molecule has 0 aliphatic heterocycles. The van der Waals surface area contributed by atoms with Crippen molar-refractivity contribution in [1.29, 1.82) is 0 Å². The topological polar surface area (TPSA) is 102 Å². The lowest BCUT2D eigenvalue weighted by Crippen LogP contribution is -2.21. The SMILES string of the molecule is CN(C)c1cccc(C(=O)OCC(=O)Nc2ccccc2SCC(N)=O)c1. The van der Waals surface area contributed by atoms with Crippen molar-refractivity contribution >= 4 is 40.9 Å². The summed E-state index contributed by atoms with van der Waals surface area (Å²) in [6.07, 6.45) is 0. The van der Waals surface area contributed by atoms with Crippen molar-refractivity contribution in [1.82, 2.24) is 0 Å². The first-order valence-corrected chi connectivity index (χ1v) is 9.10.